The van der Waals surface area contributed by atoms with Gasteiger partial charge in [0.25, 0.3) is 0 Å². The molecule has 1 amide bonds. The minimum Gasteiger partial charge on any atom is -0.469 e. The SMILES string of the molecule is COC(=O)CC1CCCCC1.O=C(OCc1ccccc1)N1CCC(O)CC1. The number of aliphatic hydroxyl groups is 1. The van der Waals surface area contributed by atoms with Gasteiger partial charge in [0.1, 0.15) is 6.61 Å². The quantitative estimate of drug-likeness (QED) is 0.788. The Balaban J connectivity index is 0.000000221. The Kier molecular flexibility index (Phi) is 9.83. The summed E-state index contributed by atoms with van der Waals surface area (Å²) in [5, 5.41) is 9.34. The van der Waals surface area contributed by atoms with Gasteiger partial charge < -0.3 is 19.5 Å². The number of aliphatic hydroxyl groups excluding tert-OH is 1. The molecule has 0 spiro atoms. The van der Waals surface area contributed by atoms with Crippen LogP contribution in [0.25, 0.3) is 0 Å². The molecule has 6 heteroatoms. The molecule has 6 nitrogen and oxygen atoms in total. The van der Waals surface area contributed by atoms with E-state index in [0.29, 0.717) is 44.9 Å². The number of esters is 1. The summed E-state index contributed by atoms with van der Waals surface area (Å²) in [7, 11) is 1.46. The van der Waals surface area contributed by atoms with Gasteiger partial charge in [-0.25, -0.2) is 4.79 Å². The van der Waals surface area contributed by atoms with Crippen LogP contribution < -0.4 is 0 Å². The van der Waals surface area contributed by atoms with E-state index in [4.69, 9.17) is 4.74 Å². The van der Waals surface area contributed by atoms with Crippen LogP contribution in [0.2, 0.25) is 0 Å². The molecule has 0 aromatic heterocycles. The van der Waals surface area contributed by atoms with Crippen molar-refractivity contribution >= 4 is 12.1 Å². The van der Waals surface area contributed by atoms with E-state index in [-0.39, 0.29) is 18.2 Å². The lowest BCUT2D eigenvalue weighted by Gasteiger charge is -2.28. The zero-order valence-corrected chi connectivity index (χ0v) is 16.8. The van der Waals surface area contributed by atoms with Crippen molar-refractivity contribution in [2.75, 3.05) is 20.2 Å². The van der Waals surface area contributed by atoms with Crippen molar-refractivity contribution in [2.24, 2.45) is 5.92 Å². The fourth-order valence-corrected chi connectivity index (χ4v) is 3.57. The summed E-state index contributed by atoms with van der Waals surface area (Å²) in [6.07, 6.45) is 7.72. The molecule has 1 aliphatic carbocycles. The molecule has 1 N–H and O–H groups in total. The molecule has 1 aliphatic heterocycles. The second-order valence-corrected chi connectivity index (χ2v) is 7.54. The zero-order valence-electron chi connectivity index (χ0n) is 16.8. The van der Waals surface area contributed by atoms with E-state index >= 15 is 0 Å². The third kappa shape index (κ3) is 8.30. The Morgan fingerprint density at radius 1 is 1.04 bits per heavy atom. The third-order valence-electron chi connectivity index (χ3n) is 5.34. The van der Waals surface area contributed by atoms with Gasteiger partial charge in [-0.15, -0.1) is 0 Å². The van der Waals surface area contributed by atoms with E-state index in [1.54, 1.807) is 4.90 Å². The van der Waals surface area contributed by atoms with Crippen LogP contribution in [0.5, 0.6) is 0 Å². The lowest BCUT2D eigenvalue weighted by Crippen LogP contribution is -2.40. The molecule has 156 valence electrons. The van der Waals surface area contributed by atoms with Gasteiger partial charge in [0.15, 0.2) is 0 Å². The molecule has 1 saturated heterocycles. The normalized spacial score (nSPS) is 18.0. The van der Waals surface area contributed by atoms with Crippen LogP contribution in [0.1, 0.15) is 56.9 Å². The van der Waals surface area contributed by atoms with Gasteiger partial charge >= 0.3 is 12.1 Å². The number of ether oxygens (including phenoxy) is 2. The van der Waals surface area contributed by atoms with Crippen molar-refractivity contribution in [3.05, 3.63) is 35.9 Å². The summed E-state index contributed by atoms with van der Waals surface area (Å²) in [4.78, 5) is 24.2. The van der Waals surface area contributed by atoms with Gasteiger partial charge in [-0.2, -0.15) is 0 Å². The summed E-state index contributed by atoms with van der Waals surface area (Å²) in [6.45, 7) is 1.46. The van der Waals surface area contributed by atoms with Gasteiger partial charge in [-0.05, 0) is 37.2 Å². The standard InChI is InChI=1S/C13H17NO3.C9H16O2/c15-12-6-8-14(9-7-12)13(16)17-10-11-4-2-1-3-5-11;1-11-9(10)7-8-5-3-2-4-6-8/h1-5,12,15H,6-10H2;8H,2-7H2,1H3. The largest absolute Gasteiger partial charge is 0.469 e. The Morgan fingerprint density at radius 3 is 2.29 bits per heavy atom. The van der Waals surface area contributed by atoms with E-state index in [2.05, 4.69) is 4.74 Å². The van der Waals surface area contributed by atoms with Crippen LogP contribution in [-0.4, -0.2) is 48.4 Å². The molecular weight excluding hydrogens is 358 g/mol. The molecule has 2 aliphatic rings. The summed E-state index contributed by atoms with van der Waals surface area (Å²) < 4.78 is 9.82. The number of rotatable bonds is 4. The fraction of sp³-hybridized carbons (Fsp3) is 0.636. The van der Waals surface area contributed by atoms with Gasteiger partial charge in [0, 0.05) is 19.5 Å². The summed E-state index contributed by atoms with van der Waals surface area (Å²) >= 11 is 0. The van der Waals surface area contributed by atoms with Crippen LogP contribution in [0.15, 0.2) is 30.3 Å². The first-order chi connectivity index (χ1) is 13.6. The van der Waals surface area contributed by atoms with Gasteiger partial charge in [0.05, 0.1) is 13.2 Å². The highest BCUT2D eigenvalue weighted by Crippen LogP contribution is 2.26. The Hall–Kier alpha value is -2.08. The molecule has 2 fully saturated rings. The molecule has 0 unspecified atom stereocenters. The number of carbonyl (C=O) groups is 2. The van der Waals surface area contributed by atoms with Crippen LogP contribution in [0, 0.1) is 5.92 Å². The van der Waals surface area contributed by atoms with E-state index in [0.717, 1.165) is 5.56 Å². The Labute approximate surface area is 167 Å². The average Bonchev–Trinajstić information content (AvgIpc) is 2.74. The average molecular weight is 392 g/mol. The van der Waals surface area contributed by atoms with Crippen LogP contribution >= 0.6 is 0 Å². The number of benzene rings is 1. The first kappa shape index (κ1) is 22.2. The van der Waals surface area contributed by atoms with E-state index in [1.165, 1.54) is 39.2 Å². The molecule has 0 bridgehead atoms. The highest BCUT2D eigenvalue weighted by molar-refractivity contribution is 5.69. The number of likely N-dealkylation sites (tertiary alicyclic amines) is 1. The van der Waals surface area contributed by atoms with Crippen LogP contribution in [0.3, 0.4) is 0 Å². The lowest BCUT2D eigenvalue weighted by atomic mass is 9.87. The smallest absolute Gasteiger partial charge is 0.410 e. The van der Waals surface area contributed by atoms with Gasteiger partial charge in [-0.3, -0.25) is 4.79 Å². The minimum absolute atomic E-state index is 0.0445. The van der Waals surface area contributed by atoms with Gasteiger partial charge in [-0.1, -0.05) is 49.6 Å². The molecule has 1 heterocycles. The first-order valence-corrected chi connectivity index (χ1v) is 10.3. The van der Waals surface area contributed by atoms with Crippen molar-refractivity contribution in [1.82, 2.24) is 4.90 Å². The molecule has 1 saturated carbocycles. The molecule has 0 radical (unpaired) electrons. The maximum absolute atomic E-state index is 11.7. The Morgan fingerprint density at radius 2 is 1.68 bits per heavy atom. The second kappa shape index (κ2) is 12.4. The summed E-state index contributed by atoms with van der Waals surface area (Å²) in [5.41, 5.74) is 0.984. The van der Waals surface area contributed by atoms with E-state index < -0.39 is 0 Å². The number of piperidine rings is 1. The number of methoxy groups -OCH3 is 1. The molecular formula is C22H33NO5. The molecule has 3 rings (SSSR count). The van der Waals surface area contributed by atoms with Gasteiger partial charge in [0.2, 0.25) is 0 Å². The van der Waals surface area contributed by atoms with Crippen LogP contribution in [-0.2, 0) is 20.9 Å². The first-order valence-electron chi connectivity index (χ1n) is 10.3. The zero-order chi connectivity index (χ0) is 20.2. The van der Waals surface area contributed by atoms with E-state index in [1.807, 2.05) is 30.3 Å². The van der Waals surface area contributed by atoms with Crippen molar-refractivity contribution in [1.29, 1.82) is 0 Å². The maximum atomic E-state index is 11.7. The van der Waals surface area contributed by atoms with Crippen LogP contribution in [0.4, 0.5) is 4.79 Å². The monoisotopic (exact) mass is 391 g/mol. The predicted octanol–water partition coefficient (Wildman–Crippen LogP) is 3.91. The van der Waals surface area contributed by atoms with Crippen molar-refractivity contribution in [3.63, 3.8) is 0 Å². The lowest BCUT2D eigenvalue weighted by molar-refractivity contribution is -0.141. The molecule has 28 heavy (non-hydrogen) atoms. The van der Waals surface area contributed by atoms with Crippen molar-refractivity contribution < 1.29 is 24.2 Å². The minimum atomic E-state index is -0.291. The predicted molar refractivity (Wildman–Crippen MR) is 107 cm³/mol. The second-order valence-electron chi connectivity index (χ2n) is 7.54. The Bertz CT molecular complexity index is 578. The third-order valence-corrected chi connectivity index (χ3v) is 5.34. The van der Waals surface area contributed by atoms with Crippen molar-refractivity contribution in [2.45, 2.75) is 64.1 Å². The molecule has 0 atom stereocenters. The molecule has 1 aromatic rings. The topological polar surface area (TPSA) is 76.1 Å². The number of hydrogen-bond acceptors (Lipinski definition) is 5. The number of carbonyl (C=O) groups excluding carboxylic acids is 2. The highest BCUT2D eigenvalue weighted by atomic mass is 16.6. The maximum Gasteiger partial charge on any atom is 0.410 e. The number of hydrogen-bond donors (Lipinski definition) is 1. The highest BCUT2D eigenvalue weighted by Gasteiger charge is 2.22. The molecule has 1 aromatic carbocycles. The fourth-order valence-electron chi connectivity index (χ4n) is 3.57. The number of nitrogens with zero attached hydrogens (tertiary/aromatic N) is 1. The summed E-state index contributed by atoms with van der Waals surface area (Å²) in [6, 6.07) is 9.61. The van der Waals surface area contributed by atoms with E-state index in [9.17, 15) is 14.7 Å². The number of amides is 1. The summed E-state index contributed by atoms with van der Waals surface area (Å²) in [5.74, 6) is 0.563. The van der Waals surface area contributed by atoms with Crippen molar-refractivity contribution in [3.8, 4) is 0 Å².